The molecule has 130 valence electrons. The number of hydrogen-bond donors (Lipinski definition) is 1. The summed E-state index contributed by atoms with van der Waals surface area (Å²) in [4.78, 5) is 30.0. The molecule has 2 heterocycles. The van der Waals surface area contributed by atoms with E-state index in [4.69, 9.17) is 4.74 Å². The Morgan fingerprint density at radius 3 is 2.83 bits per heavy atom. The highest BCUT2D eigenvalue weighted by Gasteiger charge is 2.32. The first-order chi connectivity index (χ1) is 11.6. The smallest absolute Gasteiger partial charge is 0.243 e. The average molecular weight is 331 g/mol. The maximum Gasteiger partial charge on any atom is 0.243 e. The molecule has 0 spiro atoms. The van der Waals surface area contributed by atoms with Gasteiger partial charge in [0.05, 0.1) is 0 Å². The number of amides is 2. The van der Waals surface area contributed by atoms with E-state index in [1.54, 1.807) is 11.1 Å². The second kappa shape index (κ2) is 7.64. The molecule has 2 aliphatic rings. The van der Waals surface area contributed by atoms with Crippen LogP contribution in [0.25, 0.3) is 0 Å². The largest absolute Gasteiger partial charge is 0.474 e. The van der Waals surface area contributed by atoms with Crippen LogP contribution in [0.15, 0.2) is 18.3 Å². The van der Waals surface area contributed by atoms with Crippen LogP contribution in [0.2, 0.25) is 0 Å². The Hall–Kier alpha value is -2.11. The van der Waals surface area contributed by atoms with Gasteiger partial charge in [0.1, 0.15) is 12.1 Å². The van der Waals surface area contributed by atoms with Crippen LogP contribution in [-0.2, 0) is 16.1 Å². The van der Waals surface area contributed by atoms with Gasteiger partial charge < -0.3 is 15.0 Å². The van der Waals surface area contributed by atoms with E-state index in [2.05, 4.69) is 10.3 Å². The Labute approximate surface area is 142 Å². The normalized spacial score (nSPS) is 21.0. The summed E-state index contributed by atoms with van der Waals surface area (Å²) in [5.41, 5.74) is 0.880. The van der Waals surface area contributed by atoms with Gasteiger partial charge in [-0.05, 0) is 44.6 Å². The highest BCUT2D eigenvalue weighted by atomic mass is 16.5. The average Bonchev–Trinajstić information content (AvgIpc) is 3.25. The SMILES string of the molecule is CC(=O)N1CCCC1C(=O)NCc1cccnc1OC1CCCC1. The van der Waals surface area contributed by atoms with Gasteiger partial charge in [0.25, 0.3) is 0 Å². The van der Waals surface area contributed by atoms with Crippen LogP contribution in [0, 0.1) is 0 Å². The quantitative estimate of drug-likeness (QED) is 0.896. The van der Waals surface area contributed by atoms with Crippen molar-refractivity contribution < 1.29 is 14.3 Å². The van der Waals surface area contributed by atoms with Crippen LogP contribution in [0.1, 0.15) is 51.0 Å². The van der Waals surface area contributed by atoms with E-state index < -0.39 is 0 Å². The summed E-state index contributed by atoms with van der Waals surface area (Å²) in [5.74, 6) is 0.470. The lowest BCUT2D eigenvalue weighted by Gasteiger charge is -2.22. The van der Waals surface area contributed by atoms with E-state index >= 15 is 0 Å². The summed E-state index contributed by atoms with van der Waals surface area (Å²) < 4.78 is 6.00. The zero-order valence-electron chi connectivity index (χ0n) is 14.2. The minimum absolute atomic E-state index is 0.0423. The molecule has 2 amide bonds. The second-order valence-corrected chi connectivity index (χ2v) is 6.58. The van der Waals surface area contributed by atoms with Crippen LogP contribution in [0.4, 0.5) is 0 Å². The second-order valence-electron chi connectivity index (χ2n) is 6.58. The third-order valence-electron chi connectivity index (χ3n) is 4.84. The number of pyridine rings is 1. The molecule has 1 saturated heterocycles. The van der Waals surface area contributed by atoms with Gasteiger partial charge in [-0.3, -0.25) is 9.59 Å². The van der Waals surface area contributed by atoms with Crippen LogP contribution in [0.3, 0.4) is 0 Å². The lowest BCUT2D eigenvalue weighted by atomic mass is 10.2. The highest BCUT2D eigenvalue weighted by molar-refractivity contribution is 5.87. The fourth-order valence-corrected chi connectivity index (χ4v) is 3.55. The number of carbonyl (C=O) groups is 2. The fraction of sp³-hybridized carbons (Fsp3) is 0.611. The molecule has 0 radical (unpaired) electrons. The highest BCUT2D eigenvalue weighted by Crippen LogP contribution is 2.25. The predicted molar refractivity (Wildman–Crippen MR) is 89.4 cm³/mol. The molecule has 1 aliphatic carbocycles. The Kier molecular flexibility index (Phi) is 5.33. The van der Waals surface area contributed by atoms with E-state index in [0.29, 0.717) is 19.0 Å². The summed E-state index contributed by atoms with van der Waals surface area (Å²) >= 11 is 0. The molecule has 1 saturated carbocycles. The molecular formula is C18H25N3O3. The molecule has 0 aromatic carbocycles. The molecule has 1 unspecified atom stereocenters. The summed E-state index contributed by atoms with van der Waals surface area (Å²) in [5, 5.41) is 2.94. The first kappa shape index (κ1) is 16.7. The van der Waals surface area contributed by atoms with Crippen molar-refractivity contribution in [3.8, 4) is 5.88 Å². The van der Waals surface area contributed by atoms with Gasteiger partial charge in [-0.25, -0.2) is 4.98 Å². The van der Waals surface area contributed by atoms with Crippen molar-refractivity contribution in [2.45, 2.75) is 64.1 Å². The molecule has 1 aromatic heterocycles. The Balaban J connectivity index is 1.60. The van der Waals surface area contributed by atoms with Crippen molar-refractivity contribution >= 4 is 11.8 Å². The molecule has 1 atom stereocenters. The van der Waals surface area contributed by atoms with Crippen LogP contribution in [-0.4, -0.2) is 40.4 Å². The summed E-state index contributed by atoms with van der Waals surface area (Å²) in [6, 6.07) is 3.42. The number of likely N-dealkylation sites (tertiary alicyclic amines) is 1. The molecule has 1 aromatic rings. The van der Waals surface area contributed by atoms with Gasteiger partial charge in [-0.1, -0.05) is 6.07 Å². The van der Waals surface area contributed by atoms with Gasteiger partial charge in [-0.2, -0.15) is 0 Å². The maximum atomic E-state index is 12.4. The molecular weight excluding hydrogens is 306 g/mol. The molecule has 0 bridgehead atoms. The predicted octanol–water partition coefficient (Wildman–Crippen LogP) is 2.03. The third-order valence-corrected chi connectivity index (χ3v) is 4.84. The molecule has 3 rings (SSSR count). The number of hydrogen-bond acceptors (Lipinski definition) is 4. The first-order valence-corrected chi connectivity index (χ1v) is 8.80. The topological polar surface area (TPSA) is 71.5 Å². The summed E-state index contributed by atoms with van der Waals surface area (Å²) in [6.45, 7) is 2.55. The number of nitrogens with one attached hydrogen (secondary N) is 1. The monoisotopic (exact) mass is 331 g/mol. The van der Waals surface area contributed by atoms with E-state index in [1.807, 2.05) is 12.1 Å². The van der Waals surface area contributed by atoms with Gasteiger partial charge >= 0.3 is 0 Å². The number of nitrogens with zero attached hydrogens (tertiary/aromatic N) is 2. The van der Waals surface area contributed by atoms with E-state index in [-0.39, 0.29) is 24.0 Å². The number of ether oxygens (including phenoxy) is 1. The minimum Gasteiger partial charge on any atom is -0.474 e. The van der Waals surface area contributed by atoms with Crippen LogP contribution < -0.4 is 10.1 Å². The minimum atomic E-state index is -0.349. The third kappa shape index (κ3) is 3.86. The van der Waals surface area contributed by atoms with Gasteiger partial charge in [0, 0.05) is 31.8 Å². The van der Waals surface area contributed by atoms with Crippen LogP contribution in [0.5, 0.6) is 5.88 Å². The Bertz CT molecular complexity index is 599. The summed E-state index contributed by atoms with van der Waals surface area (Å²) in [7, 11) is 0. The first-order valence-electron chi connectivity index (χ1n) is 8.80. The van der Waals surface area contributed by atoms with E-state index in [0.717, 1.165) is 31.2 Å². The van der Waals surface area contributed by atoms with E-state index in [9.17, 15) is 9.59 Å². The zero-order chi connectivity index (χ0) is 16.9. The maximum absolute atomic E-state index is 12.4. The lowest BCUT2D eigenvalue weighted by molar-refractivity contribution is -0.136. The Morgan fingerprint density at radius 2 is 2.08 bits per heavy atom. The molecule has 24 heavy (non-hydrogen) atoms. The van der Waals surface area contributed by atoms with Crippen LogP contribution >= 0.6 is 0 Å². The van der Waals surface area contributed by atoms with Gasteiger partial charge in [0.15, 0.2) is 0 Å². The lowest BCUT2D eigenvalue weighted by Crippen LogP contribution is -2.44. The van der Waals surface area contributed by atoms with Crippen molar-refractivity contribution in [2.24, 2.45) is 0 Å². The number of rotatable bonds is 5. The molecule has 2 fully saturated rings. The number of carbonyl (C=O) groups excluding carboxylic acids is 2. The Morgan fingerprint density at radius 1 is 1.29 bits per heavy atom. The van der Waals surface area contributed by atoms with Crippen molar-refractivity contribution in [1.82, 2.24) is 15.2 Å². The molecule has 1 aliphatic heterocycles. The standard InChI is InChI=1S/C18H25N3O3/c1-13(22)21-11-5-9-16(21)17(23)20-12-14-6-4-10-19-18(14)24-15-7-2-3-8-15/h4,6,10,15-16H,2-3,5,7-9,11-12H2,1H3,(H,20,23). The zero-order valence-corrected chi connectivity index (χ0v) is 14.2. The van der Waals surface area contributed by atoms with Gasteiger partial charge in [0.2, 0.25) is 17.7 Å². The fourth-order valence-electron chi connectivity index (χ4n) is 3.55. The molecule has 6 heteroatoms. The molecule has 1 N–H and O–H groups in total. The van der Waals surface area contributed by atoms with Crippen molar-refractivity contribution in [3.63, 3.8) is 0 Å². The van der Waals surface area contributed by atoms with E-state index in [1.165, 1.54) is 19.8 Å². The van der Waals surface area contributed by atoms with Crippen molar-refractivity contribution in [3.05, 3.63) is 23.9 Å². The molecule has 6 nitrogen and oxygen atoms in total. The van der Waals surface area contributed by atoms with Gasteiger partial charge in [-0.15, -0.1) is 0 Å². The van der Waals surface area contributed by atoms with Crippen molar-refractivity contribution in [1.29, 1.82) is 0 Å². The van der Waals surface area contributed by atoms with Crippen molar-refractivity contribution in [2.75, 3.05) is 6.54 Å². The number of aromatic nitrogens is 1. The summed E-state index contributed by atoms with van der Waals surface area (Å²) in [6.07, 6.45) is 8.08.